The maximum Gasteiger partial charge on any atom is 0.329 e. The smallest absolute Gasteiger partial charge is 0.329 e. The molecule has 34 heavy (non-hydrogen) atoms. The van der Waals surface area contributed by atoms with Gasteiger partial charge in [0.2, 0.25) is 0 Å². The van der Waals surface area contributed by atoms with Crippen molar-refractivity contribution in [3.05, 3.63) is 86.1 Å². The Morgan fingerprint density at radius 1 is 1.12 bits per heavy atom. The second-order valence-corrected chi connectivity index (χ2v) is 8.39. The molecule has 11 heteroatoms. The molecular formula is C23H17BrCl2FN3O4. The van der Waals surface area contributed by atoms with Gasteiger partial charge in [0.1, 0.15) is 12.4 Å². The van der Waals surface area contributed by atoms with Crippen LogP contribution in [0, 0.1) is 5.82 Å². The summed E-state index contributed by atoms with van der Waals surface area (Å²) < 4.78 is 25.4. The van der Waals surface area contributed by atoms with Gasteiger partial charge in [-0.1, -0.05) is 41.4 Å². The van der Waals surface area contributed by atoms with Crippen LogP contribution in [0.5, 0.6) is 11.5 Å². The number of carbonyl (C=O) groups excluding carboxylic acids is 2. The van der Waals surface area contributed by atoms with E-state index in [0.717, 1.165) is 11.6 Å². The van der Waals surface area contributed by atoms with Crippen molar-refractivity contribution in [3.8, 4) is 11.5 Å². The quantitative estimate of drug-likeness (QED) is 0.221. The number of benzene rings is 3. The number of halogens is 4. The van der Waals surface area contributed by atoms with E-state index in [1.807, 2.05) is 0 Å². The molecule has 2 N–H and O–H groups in total. The lowest BCUT2D eigenvalue weighted by atomic mass is 10.2. The molecule has 0 atom stereocenters. The lowest BCUT2D eigenvalue weighted by Crippen LogP contribution is -2.32. The van der Waals surface area contributed by atoms with Gasteiger partial charge in [-0.3, -0.25) is 9.59 Å². The Balaban J connectivity index is 1.64. The van der Waals surface area contributed by atoms with Crippen molar-refractivity contribution in [2.45, 2.75) is 6.61 Å². The van der Waals surface area contributed by atoms with Crippen LogP contribution in [0.25, 0.3) is 0 Å². The van der Waals surface area contributed by atoms with Crippen LogP contribution in [0.1, 0.15) is 11.1 Å². The minimum Gasteiger partial charge on any atom is -0.493 e. The second kappa shape index (κ2) is 11.8. The number of carbonyl (C=O) groups is 2. The molecule has 0 unspecified atom stereocenters. The molecule has 3 aromatic rings. The first-order chi connectivity index (χ1) is 16.3. The summed E-state index contributed by atoms with van der Waals surface area (Å²) in [7, 11) is 1.47. The summed E-state index contributed by atoms with van der Waals surface area (Å²) in [5, 5.41) is 6.92. The van der Waals surface area contributed by atoms with E-state index < -0.39 is 17.6 Å². The average Bonchev–Trinajstić information content (AvgIpc) is 2.80. The Labute approximate surface area is 213 Å². The lowest BCUT2D eigenvalue weighted by molar-refractivity contribution is -0.136. The summed E-state index contributed by atoms with van der Waals surface area (Å²) in [6, 6.07) is 13.9. The first-order valence-electron chi connectivity index (χ1n) is 9.61. The van der Waals surface area contributed by atoms with Crippen LogP contribution in [0.2, 0.25) is 10.0 Å². The molecule has 0 heterocycles. The average molecular weight is 569 g/mol. The van der Waals surface area contributed by atoms with Crippen LogP contribution in [-0.2, 0) is 16.2 Å². The largest absolute Gasteiger partial charge is 0.493 e. The number of amides is 2. The molecule has 3 aromatic carbocycles. The minimum atomic E-state index is -1.06. The normalized spacial score (nSPS) is 10.7. The van der Waals surface area contributed by atoms with Gasteiger partial charge in [-0.2, -0.15) is 5.10 Å². The highest BCUT2D eigenvalue weighted by Crippen LogP contribution is 2.37. The van der Waals surface area contributed by atoms with Crippen molar-refractivity contribution in [1.82, 2.24) is 5.43 Å². The highest BCUT2D eigenvalue weighted by molar-refractivity contribution is 9.10. The number of anilines is 1. The van der Waals surface area contributed by atoms with Crippen LogP contribution >= 0.6 is 39.1 Å². The van der Waals surface area contributed by atoms with Crippen molar-refractivity contribution >= 4 is 62.8 Å². The van der Waals surface area contributed by atoms with Gasteiger partial charge in [0, 0.05) is 15.6 Å². The number of rotatable bonds is 7. The summed E-state index contributed by atoms with van der Waals surface area (Å²) in [6.45, 7) is 0.172. The van der Waals surface area contributed by atoms with Gasteiger partial charge in [-0.05, 0) is 57.9 Å². The Hall–Kier alpha value is -3.14. The number of ether oxygens (including phenoxy) is 2. The van der Waals surface area contributed by atoms with Crippen LogP contribution in [0.4, 0.5) is 10.1 Å². The van der Waals surface area contributed by atoms with E-state index in [0.29, 0.717) is 31.6 Å². The van der Waals surface area contributed by atoms with Gasteiger partial charge in [0.25, 0.3) is 0 Å². The van der Waals surface area contributed by atoms with Crippen LogP contribution in [0.15, 0.2) is 64.2 Å². The third-order valence-electron chi connectivity index (χ3n) is 4.35. The predicted molar refractivity (Wildman–Crippen MR) is 132 cm³/mol. The Bertz CT molecular complexity index is 1260. The van der Waals surface area contributed by atoms with Crippen molar-refractivity contribution in [2.24, 2.45) is 5.10 Å². The molecule has 0 aliphatic carbocycles. The van der Waals surface area contributed by atoms with Gasteiger partial charge < -0.3 is 14.8 Å². The summed E-state index contributed by atoms with van der Waals surface area (Å²) >= 11 is 15.5. The fourth-order valence-corrected chi connectivity index (χ4v) is 3.74. The van der Waals surface area contributed by atoms with Gasteiger partial charge in [-0.15, -0.1) is 0 Å². The summed E-state index contributed by atoms with van der Waals surface area (Å²) in [4.78, 5) is 23.8. The van der Waals surface area contributed by atoms with Crippen LogP contribution < -0.4 is 20.2 Å². The topological polar surface area (TPSA) is 89.0 Å². The second-order valence-electron chi connectivity index (χ2n) is 6.69. The molecule has 0 spiro atoms. The van der Waals surface area contributed by atoms with E-state index in [9.17, 15) is 14.0 Å². The molecule has 0 fully saturated rings. The standard InChI is InChI=1S/C23H17BrCl2FN3O4/c1-33-20-9-13(8-16(24)21(20)34-12-14-6-7-15(25)10-17(14)26)11-28-30-23(32)22(31)29-19-5-3-2-4-18(19)27/h2-11H,12H2,1H3,(H,29,31)(H,30,32)/b28-11+. The van der Waals surface area contributed by atoms with E-state index in [4.69, 9.17) is 32.7 Å². The zero-order valence-electron chi connectivity index (χ0n) is 17.6. The zero-order valence-corrected chi connectivity index (χ0v) is 20.7. The molecule has 7 nitrogen and oxygen atoms in total. The molecular weight excluding hydrogens is 552 g/mol. The number of para-hydroxylation sites is 1. The fraction of sp³-hybridized carbons (Fsp3) is 0.0870. The minimum absolute atomic E-state index is 0.115. The Kier molecular flexibility index (Phi) is 8.86. The van der Waals surface area contributed by atoms with Gasteiger partial charge in [0.15, 0.2) is 11.5 Å². The van der Waals surface area contributed by atoms with E-state index >= 15 is 0 Å². The van der Waals surface area contributed by atoms with Gasteiger partial charge >= 0.3 is 11.8 Å². The van der Waals surface area contributed by atoms with Crippen molar-refractivity contribution < 1.29 is 23.5 Å². The summed E-state index contributed by atoms with van der Waals surface area (Å²) in [5.74, 6) is -1.97. The van der Waals surface area contributed by atoms with E-state index in [2.05, 4.69) is 31.8 Å². The summed E-state index contributed by atoms with van der Waals surface area (Å²) in [5.41, 5.74) is 3.24. The molecule has 0 radical (unpaired) electrons. The fourth-order valence-electron chi connectivity index (χ4n) is 2.70. The number of nitrogens with zero attached hydrogens (tertiary/aromatic N) is 1. The van der Waals surface area contributed by atoms with Crippen molar-refractivity contribution in [1.29, 1.82) is 0 Å². The molecule has 0 bridgehead atoms. The van der Waals surface area contributed by atoms with E-state index in [1.54, 1.807) is 30.3 Å². The molecule has 2 amide bonds. The molecule has 3 rings (SSSR count). The summed E-state index contributed by atoms with van der Waals surface area (Å²) in [6.07, 6.45) is 1.31. The molecule has 0 aromatic heterocycles. The monoisotopic (exact) mass is 567 g/mol. The molecule has 176 valence electrons. The third-order valence-corrected chi connectivity index (χ3v) is 5.52. The molecule has 0 aliphatic heterocycles. The number of methoxy groups -OCH3 is 1. The first kappa shape index (κ1) is 25.5. The van der Waals surface area contributed by atoms with Gasteiger partial charge in [0.05, 0.1) is 23.5 Å². The van der Waals surface area contributed by atoms with E-state index in [1.165, 1.54) is 31.5 Å². The third kappa shape index (κ3) is 6.69. The highest BCUT2D eigenvalue weighted by atomic mass is 79.9. The molecule has 0 aliphatic rings. The lowest BCUT2D eigenvalue weighted by Gasteiger charge is -2.14. The van der Waals surface area contributed by atoms with Crippen molar-refractivity contribution in [3.63, 3.8) is 0 Å². The van der Waals surface area contributed by atoms with Crippen LogP contribution in [0.3, 0.4) is 0 Å². The first-order valence-corrected chi connectivity index (χ1v) is 11.2. The predicted octanol–water partition coefficient (Wildman–Crippen LogP) is 5.57. The van der Waals surface area contributed by atoms with E-state index in [-0.39, 0.29) is 12.3 Å². The highest BCUT2D eigenvalue weighted by Gasteiger charge is 2.15. The SMILES string of the molecule is COc1cc(/C=N/NC(=O)C(=O)Nc2ccccc2F)cc(Br)c1OCc1ccc(Cl)cc1Cl. The number of hydrazone groups is 1. The number of hydrogen-bond acceptors (Lipinski definition) is 5. The van der Waals surface area contributed by atoms with Gasteiger partial charge in [-0.25, -0.2) is 9.82 Å². The maximum atomic E-state index is 13.6. The van der Waals surface area contributed by atoms with Crippen molar-refractivity contribution in [2.75, 3.05) is 12.4 Å². The molecule has 0 saturated carbocycles. The Morgan fingerprint density at radius 3 is 2.59 bits per heavy atom. The maximum absolute atomic E-state index is 13.6. The molecule has 0 saturated heterocycles. The zero-order chi connectivity index (χ0) is 24.7. The number of hydrogen-bond donors (Lipinski definition) is 2. The van der Waals surface area contributed by atoms with Crippen LogP contribution in [-0.4, -0.2) is 25.1 Å². The Morgan fingerprint density at radius 2 is 1.88 bits per heavy atom. The number of nitrogens with one attached hydrogen (secondary N) is 2.